The van der Waals surface area contributed by atoms with Gasteiger partial charge in [0.15, 0.2) is 11.5 Å². The second-order valence-electron chi connectivity index (χ2n) is 5.34. The second kappa shape index (κ2) is 6.90. The number of methoxy groups -OCH3 is 2. The number of rotatable bonds is 6. The lowest BCUT2D eigenvalue weighted by Gasteiger charge is -2.25. The lowest BCUT2D eigenvalue weighted by atomic mass is 10.1. The van der Waals surface area contributed by atoms with E-state index >= 15 is 0 Å². The number of pyridine rings is 1. The Hall–Kier alpha value is -1.33. The predicted molar refractivity (Wildman–Crippen MR) is 77.1 cm³/mol. The summed E-state index contributed by atoms with van der Waals surface area (Å²) in [6, 6.07) is 2.23. The zero-order chi connectivity index (χ0) is 14.5. The first-order chi connectivity index (χ1) is 9.65. The number of aromatic nitrogens is 1. The van der Waals surface area contributed by atoms with Crippen LogP contribution in [0.5, 0.6) is 11.5 Å². The summed E-state index contributed by atoms with van der Waals surface area (Å²) in [5.74, 6) is 1.42. The third kappa shape index (κ3) is 3.41. The number of likely N-dealkylation sites (tertiary alicyclic amines) is 1. The minimum absolute atomic E-state index is 0.263. The van der Waals surface area contributed by atoms with Crippen LogP contribution in [0.3, 0.4) is 0 Å². The molecule has 0 aliphatic carbocycles. The van der Waals surface area contributed by atoms with Crippen LogP contribution in [0.1, 0.15) is 31.9 Å². The molecule has 0 radical (unpaired) electrons. The van der Waals surface area contributed by atoms with Crippen molar-refractivity contribution < 1.29 is 14.6 Å². The van der Waals surface area contributed by atoms with Gasteiger partial charge in [0.1, 0.15) is 5.69 Å². The van der Waals surface area contributed by atoms with Gasteiger partial charge < -0.3 is 14.6 Å². The van der Waals surface area contributed by atoms with E-state index < -0.39 is 0 Å². The van der Waals surface area contributed by atoms with E-state index in [1.807, 2.05) is 6.92 Å². The minimum Gasteiger partial charge on any atom is -0.493 e. The summed E-state index contributed by atoms with van der Waals surface area (Å²) in [5, 5.41) is 9.59. The van der Waals surface area contributed by atoms with Crippen LogP contribution in [0.2, 0.25) is 0 Å². The van der Waals surface area contributed by atoms with Crippen molar-refractivity contribution in [3.05, 3.63) is 18.0 Å². The standard InChI is InChI=1S/C15H24N2O3/c1-11(18)9-12-5-4-8-17(12)10-13-15(20-3)14(19-2)6-7-16-13/h6-7,11-12,18H,4-5,8-10H2,1-3H3. The van der Waals surface area contributed by atoms with Crippen LogP contribution in [0, 0.1) is 0 Å². The van der Waals surface area contributed by atoms with Gasteiger partial charge in [0, 0.05) is 24.8 Å². The lowest BCUT2D eigenvalue weighted by Crippen LogP contribution is -2.31. The maximum Gasteiger partial charge on any atom is 0.183 e. The highest BCUT2D eigenvalue weighted by Crippen LogP contribution is 2.32. The van der Waals surface area contributed by atoms with Gasteiger partial charge >= 0.3 is 0 Å². The van der Waals surface area contributed by atoms with Crippen molar-refractivity contribution in [1.29, 1.82) is 0 Å². The third-order valence-electron chi connectivity index (χ3n) is 3.83. The molecule has 1 aromatic heterocycles. The zero-order valence-electron chi connectivity index (χ0n) is 12.5. The molecule has 5 nitrogen and oxygen atoms in total. The normalized spacial score (nSPS) is 20.9. The summed E-state index contributed by atoms with van der Waals surface area (Å²) in [7, 11) is 3.27. The molecule has 0 bridgehead atoms. The molecule has 2 unspecified atom stereocenters. The van der Waals surface area contributed by atoms with Gasteiger partial charge in [0.05, 0.1) is 20.3 Å². The molecule has 5 heteroatoms. The molecular weight excluding hydrogens is 256 g/mol. The molecule has 1 aliphatic heterocycles. The van der Waals surface area contributed by atoms with Crippen molar-refractivity contribution in [3.63, 3.8) is 0 Å². The van der Waals surface area contributed by atoms with E-state index in [1.54, 1.807) is 26.5 Å². The van der Waals surface area contributed by atoms with Crippen LogP contribution < -0.4 is 9.47 Å². The number of hydrogen-bond acceptors (Lipinski definition) is 5. The Morgan fingerprint density at radius 2 is 2.25 bits per heavy atom. The van der Waals surface area contributed by atoms with E-state index in [4.69, 9.17) is 9.47 Å². The fourth-order valence-corrected chi connectivity index (χ4v) is 2.92. The van der Waals surface area contributed by atoms with E-state index in [2.05, 4.69) is 9.88 Å². The number of aliphatic hydroxyl groups is 1. The second-order valence-corrected chi connectivity index (χ2v) is 5.34. The van der Waals surface area contributed by atoms with Crippen molar-refractivity contribution in [3.8, 4) is 11.5 Å². The summed E-state index contributed by atoms with van der Waals surface area (Å²) >= 11 is 0. The molecule has 0 spiro atoms. The molecule has 2 heterocycles. The first-order valence-corrected chi connectivity index (χ1v) is 7.13. The molecule has 1 N–H and O–H groups in total. The van der Waals surface area contributed by atoms with Crippen LogP contribution in [-0.4, -0.2) is 47.9 Å². The largest absolute Gasteiger partial charge is 0.493 e. The van der Waals surface area contributed by atoms with Crippen molar-refractivity contribution in [2.75, 3.05) is 20.8 Å². The van der Waals surface area contributed by atoms with Crippen LogP contribution in [0.15, 0.2) is 12.3 Å². The first-order valence-electron chi connectivity index (χ1n) is 7.13. The number of aliphatic hydroxyl groups excluding tert-OH is 1. The van der Waals surface area contributed by atoms with Gasteiger partial charge in [-0.2, -0.15) is 0 Å². The molecule has 20 heavy (non-hydrogen) atoms. The molecule has 0 amide bonds. The van der Waals surface area contributed by atoms with Gasteiger partial charge in [-0.25, -0.2) is 0 Å². The molecule has 0 saturated carbocycles. The summed E-state index contributed by atoms with van der Waals surface area (Å²) in [6.45, 7) is 3.62. The van der Waals surface area contributed by atoms with Gasteiger partial charge in [-0.15, -0.1) is 0 Å². The Kier molecular flexibility index (Phi) is 5.20. The Morgan fingerprint density at radius 1 is 1.45 bits per heavy atom. The average Bonchev–Trinajstić information content (AvgIpc) is 2.85. The fraction of sp³-hybridized carbons (Fsp3) is 0.667. The van der Waals surface area contributed by atoms with Crippen LogP contribution in [0.25, 0.3) is 0 Å². The van der Waals surface area contributed by atoms with Crippen molar-refractivity contribution in [2.45, 2.75) is 44.9 Å². The molecule has 1 saturated heterocycles. The molecule has 112 valence electrons. The molecular formula is C15H24N2O3. The van der Waals surface area contributed by atoms with Gasteiger partial charge in [-0.05, 0) is 32.7 Å². The SMILES string of the molecule is COc1ccnc(CN2CCCC2CC(C)O)c1OC. The highest BCUT2D eigenvalue weighted by atomic mass is 16.5. The smallest absolute Gasteiger partial charge is 0.183 e. The van der Waals surface area contributed by atoms with Crippen LogP contribution >= 0.6 is 0 Å². The highest BCUT2D eigenvalue weighted by Gasteiger charge is 2.27. The Morgan fingerprint density at radius 3 is 2.90 bits per heavy atom. The predicted octanol–water partition coefficient (Wildman–Crippen LogP) is 1.83. The summed E-state index contributed by atoms with van der Waals surface area (Å²) in [4.78, 5) is 6.80. The quantitative estimate of drug-likeness (QED) is 0.861. The maximum atomic E-state index is 9.59. The third-order valence-corrected chi connectivity index (χ3v) is 3.83. The van der Waals surface area contributed by atoms with Crippen LogP contribution in [0.4, 0.5) is 0 Å². The van der Waals surface area contributed by atoms with Crippen molar-refractivity contribution in [2.24, 2.45) is 0 Å². The van der Waals surface area contributed by atoms with Gasteiger partial charge in [0.25, 0.3) is 0 Å². The molecule has 2 rings (SSSR count). The van der Waals surface area contributed by atoms with Gasteiger partial charge in [-0.3, -0.25) is 9.88 Å². The zero-order valence-corrected chi connectivity index (χ0v) is 12.5. The first kappa shape index (κ1) is 15.1. The molecule has 2 atom stereocenters. The van der Waals surface area contributed by atoms with Crippen molar-refractivity contribution >= 4 is 0 Å². The molecule has 1 aromatic rings. The van der Waals surface area contributed by atoms with Crippen molar-refractivity contribution in [1.82, 2.24) is 9.88 Å². The van der Waals surface area contributed by atoms with E-state index in [0.29, 0.717) is 17.5 Å². The number of hydrogen-bond donors (Lipinski definition) is 1. The number of ether oxygens (including phenoxy) is 2. The monoisotopic (exact) mass is 280 g/mol. The minimum atomic E-state index is -0.263. The Bertz CT molecular complexity index is 437. The molecule has 0 aromatic carbocycles. The summed E-state index contributed by atoms with van der Waals surface area (Å²) < 4.78 is 10.7. The average molecular weight is 280 g/mol. The molecule has 1 fully saturated rings. The van der Waals surface area contributed by atoms with Gasteiger partial charge in [0.2, 0.25) is 0 Å². The van der Waals surface area contributed by atoms with Crippen LogP contribution in [-0.2, 0) is 6.54 Å². The van der Waals surface area contributed by atoms with E-state index in [1.165, 1.54) is 6.42 Å². The highest BCUT2D eigenvalue weighted by molar-refractivity contribution is 5.42. The fourth-order valence-electron chi connectivity index (χ4n) is 2.92. The van der Waals surface area contributed by atoms with E-state index in [-0.39, 0.29) is 6.10 Å². The Balaban J connectivity index is 2.13. The molecule has 1 aliphatic rings. The maximum absolute atomic E-state index is 9.59. The topological polar surface area (TPSA) is 54.8 Å². The summed E-state index contributed by atoms with van der Waals surface area (Å²) in [6.07, 6.45) is 4.60. The Labute approximate surface area is 120 Å². The lowest BCUT2D eigenvalue weighted by molar-refractivity contribution is 0.129. The van der Waals surface area contributed by atoms with E-state index in [9.17, 15) is 5.11 Å². The summed E-state index contributed by atoms with van der Waals surface area (Å²) in [5.41, 5.74) is 0.893. The number of nitrogens with zero attached hydrogens (tertiary/aromatic N) is 2. The van der Waals surface area contributed by atoms with E-state index in [0.717, 1.165) is 31.6 Å². The van der Waals surface area contributed by atoms with Gasteiger partial charge in [-0.1, -0.05) is 0 Å².